The first kappa shape index (κ1) is 10.7. The Morgan fingerprint density at radius 1 is 1.35 bits per heavy atom. The van der Waals surface area contributed by atoms with Crippen molar-refractivity contribution >= 4 is 5.97 Å². The fraction of sp³-hybridized carbons (Fsp3) is 0.462. The number of carbonyl (C=O) groups is 1. The maximum Gasteiger partial charge on any atom is 0.335 e. The number of rotatable bonds is 1. The van der Waals surface area contributed by atoms with Gasteiger partial charge in [-0.1, -0.05) is 6.07 Å². The Labute approximate surface area is 99.6 Å². The maximum absolute atomic E-state index is 10.9. The summed E-state index contributed by atoms with van der Waals surface area (Å²) in [7, 11) is 0. The maximum atomic E-state index is 10.9. The lowest BCUT2D eigenvalue weighted by Gasteiger charge is -2.34. The highest BCUT2D eigenvalue weighted by Gasteiger charge is 2.40. The van der Waals surface area contributed by atoms with Crippen molar-refractivity contribution < 1.29 is 14.6 Å². The van der Waals surface area contributed by atoms with Gasteiger partial charge in [0.05, 0.1) is 17.8 Å². The Kier molecular flexibility index (Phi) is 2.42. The Hall–Kier alpha value is -1.39. The molecule has 1 aromatic carbocycles. The highest BCUT2D eigenvalue weighted by atomic mass is 16.5. The van der Waals surface area contributed by atoms with Crippen LogP contribution in [0.4, 0.5) is 0 Å². The van der Waals surface area contributed by atoms with Gasteiger partial charge in [-0.2, -0.15) is 0 Å². The third-order valence-electron chi connectivity index (χ3n) is 3.76. The highest BCUT2D eigenvalue weighted by Crippen LogP contribution is 2.42. The molecule has 0 aromatic heterocycles. The summed E-state index contributed by atoms with van der Waals surface area (Å²) in [5.74, 6) is -0.876. The van der Waals surface area contributed by atoms with Crippen LogP contribution >= 0.6 is 0 Å². The smallest absolute Gasteiger partial charge is 0.335 e. The first-order valence-corrected chi connectivity index (χ1v) is 5.93. The summed E-state index contributed by atoms with van der Waals surface area (Å²) < 4.78 is 5.95. The van der Waals surface area contributed by atoms with Crippen molar-refractivity contribution in [3.63, 3.8) is 0 Å². The predicted molar refractivity (Wildman–Crippen MR) is 62.0 cm³/mol. The molecule has 0 atom stereocenters. The van der Waals surface area contributed by atoms with Crippen molar-refractivity contribution in [3.05, 3.63) is 34.9 Å². The SMILES string of the molecule is O=C(O)c1ccc2c(c1)COC21CCNCC1. The molecule has 1 aromatic rings. The molecule has 0 unspecified atom stereocenters. The van der Waals surface area contributed by atoms with E-state index in [1.165, 1.54) is 5.56 Å². The Morgan fingerprint density at radius 3 is 2.82 bits per heavy atom. The van der Waals surface area contributed by atoms with Crippen molar-refractivity contribution in [2.24, 2.45) is 0 Å². The lowest BCUT2D eigenvalue weighted by molar-refractivity contribution is -0.0590. The average molecular weight is 233 g/mol. The lowest BCUT2D eigenvalue weighted by Crippen LogP contribution is -2.39. The summed E-state index contributed by atoms with van der Waals surface area (Å²) in [6.45, 7) is 2.46. The molecule has 0 saturated carbocycles. The monoisotopic (exact) mass is 233 g/mol. The standard InChI is InChI=1S/C13H15NO3/c15-12(16)9-1-2-11-10(7-9)8-17-13(11)3-5-14-6-4-13/h1-2,7,14H,3-6,8H2,(H,15,16). The van der Waals surface area contributed by atoms with Crippen LogP contribution in [0.1, 0.15) is 34.3 Å². The van der Waals surface area contributed by atoms with Crippen molar-refractivity contribution in [2.75, 3.05) is 13.1 Å². The fourth-order valence-electron chi connectivity index (χ4n) is 2.83. The van der Waals surface area contributed by atoms with Crippen molar-refractivity contribution in [3.8, 4) is 0 Å². The van der Waals surface area contributed by atoms with Gasteiger partial charge in [-0.15, -0.1) is 0 Å². The molecule has 17 heavy (non-hydrogen) atoms. The van der Waals surface area contributed by atoms with E-state index < -0.39 is 5.97 Å². The minimum absolute atomic E-state index is 0.169. The summed E-state index contributed by atoms with van der Waals surface area (Å²) in [6.07, 6.45) is 1.93. The van der Waals surface area contributed by atoms with E-state index in [1.54, 1.807) is 12.1 Å². The van der Waals surface area contributed by atoms with E-state index in [9.17, 15) is 4.79 Å². The summed E-state index contributed by atoms with van der Waals surface area (Å²) in [4.78, 5) is 10.9. The van der Waals surface area contributed by atoms with Crippen LogP contribution in [-0.2, 0) is 16.9 Å². The van der Waals surface area contributed by atoms with Gasteiger partial charge < -0.3 is 15.2 Å². The van der Waals surface area contributed by atoms with Crippen LogP contribution in [0.3, 0.4) is 0 Å². The Morgan fingerprint density at radius 2 is 2.12 bits per heavy atom. The minimum Gasteiger partial charge on any atom is -0.478 e. The number of hydrogen-bond acceptors (Lipinski definition) is 3. The number of carboxylic acids is 1. The number of benzene rings is 1. The van der Waals surface area contributed by atoms with Crippen LogP contribution in [0.25, 0.3) is 0 Å². The minimum atomic E-state index is -0.876. The van der Waals surface area contributed by atoms with Gasteiger partial charge in [-0.3, -0.25) is 0 Å². The second-order valence-corrected chi connectivity index (χ2v) is 4.71. The van der Waals surface area contributed by atoms with Crippen molar-refractivity contribution in [1.82, 2.24) is 5.32 Å². The van der Waals surface area contributed by atoms with Crippen LogP contribution in [0.15, 0.2) is 18.2 Å². The molecule has 2 aliphatic heterocycles. The average Bonchev–Trinajstić information content (AvgIpc) is 2.69. The number of piperidine rings is 1. The number of fused-ring (bicyclic) bond motifs is 2. The summed E-state index contributed by atoms with van der Waals surface area (Å²) in [5, 5.41) is 12.3. The molecule has 3 rings (SSSR count). The first-order valence-electron chi connectivity index (χ1n) is 5.93. The van der Waals surface area contributed by atoms with Gasteiger partial charge in [0.15, 0.2) is 0 Å². The Bertz CT molecular complexity index is 464. The largest absolute Gasteiger partial charge is 0.478 e. The molecule has 2 heterocycles. The predicted octanol–water partition coefficient (Wildman–Crippen LogP) is 1.49. The Balaban J connectivity index is 2.00. The molecule has 2 N–H and O–H groups in total. The zero-order chi connectivity index (χ0) is 11.9. The summed E-state index contributed by atoms with van der Waals surface area (Å²) in [5.41, 5.74) is 2.39. The van der Waals surface area contributed by atoms with E-state index in [1.807, 2.05) is 6.07 Å². The zero-order valence-electron chi connectivity index (χ0n) is 9.53. The van der Waals surface area contributed by atoms with E-state index in [0.717, 1.165) is 31.5 Å². The lowest BCUT2D eigenvalue weighted by atomic mass is 9.84. The molecule has 4 heteroatoms. The van der Waals surface area contributed by atoms with Crippen LogP contribution in [0, 0.1) is 0 Å². The number of aromatic carboxylic acids is 1. The molecule has 0 aliphatic carbocycles. The first-order chi connectivity index (χ1) is 8.21. The molecule has 0 radical (unpaired) electrons. The molecule has 2 aliphatic rings. The van der Waals surface area contributed by atoms with E-state index in [-0.39, 0.29) is 5.60 Å². The van der Waals surface area contributed by atoms with Crippen molar-refractivity contribution in [1.29, 1.82) is 0 Å². The third kappa shape index (κ3) is 1.64. The van der Waals surface area contributed by atoms with Crippen molar-refractivity contribution in [2.45, 2.75) is 25.0 Å². The second kappa shape index (κ2) is 3.82. The van der Waals surface area contributed by atoms with Gasteiger partial charge in [0.1, 0.15) is 0 Å². The van der Waals surface area contributed by atoms with Gasteiger partial charge in [0.2, 0.25) is 0 Å². The van der Waals surface area contributed by atoms with Gasteiger partial charge in [-0.25, -0.2) is 4.79 Å². The summed E-state index contributed by atoms with van der Waals surface area (Å²) in [6, 6.07) is 5.35. The number of ether oxygens (including phenoxy) is 1. The van der Waals surface area contributed by atoms with Crippen LogP contribution in [0.2, 0.25) is 0 Å². The van der Waals surface area contributed by atoms with Crippen LogP contribution in [0.5, 0.6) is 0 Å². The molecule has 0 amide bonds. The molecule has 1 saturated heterocycles. The number of hydrogen-bond donors (Lipinski definition) is 2. The van der Waals surface area contributed by atoms with E-state index in [0.29, 0.717) is 12.2 Å². The van der Waals surface area contributed by atoms with E-state index >= 15 is 0 Å². The molecular formula is C13H15NO3. The molecule has 1 spiro atoms. The third-order valence-corrected chi connectivity index (χ3v) is 3.76. The van der Waals surface area contributed by atoms with E-state index in [2.05, 4.69) is 5.32 Å². The normalized spacial score (nSPS) is 21.4. The van der Waals surface area contributed by atoms with Gasteiger partial charge in [0, 0.05) is 0 Å². The topological polar surface area (TPSA) is 58.6 Å². The molecule has 90 valence electrons. The number of carboxylic acid groups (broad SMARTS) is 1. The summed E-state index contributed by atoms with van der Waals surface area (Å²) >= 11 is 0. The quantitative estimate of drug-likeness (QED) is 0.771. The van der Waals surface area contributed by atoms with Gasteiger partial charge in [0.25, 0.3) is 0 Å². The van der Waals surface area contributed by atoms with Gasteiger partial charge in [-0.05, 0) is 49.2 Å². The molecule has 1 fully saturated rings. The van der Waals surface area contributed by atoms with Gasteiger partial charge >= 0.3 is 5.97 Å². The number of nitrogens with one attached hydrogen (secondary N) is 1. The molecule has 0 bridgehead atoms. The fourth-order valence-corrected chi connectivity index (χ4v) is 2.83. The highest BCUT2D eigenvalue weighted by molar-refractivity contribution is 5.88. The van der Waals surface area contributed by atoms with E-state index in [4.69, 9.17) is 9.84 Å². The van der Waals surface area contributed by atoms with Crippen LogP contribution in [-0.4, -0.2) is 24.2 Å². The molecule has 4 nitrogen and oxygen atoms in total. The second-order valence-electron chi connectivity index (χ2n) is 4.71. The van der Waals surface area contributed by atoms with Crippen LogP contribution < -0.4 is 5.32 Å². The molecular weight excluding hydrogens is 218 g/mol. The zero-order valence-corrected chi connectivity index (χ0v) is 9.53.